The van der Waals surface area contributed by atoms with Crippen LogP contribution >= 0.6 is 11.6 Å². The Bertz CT molecular complexity index is 925. The second-order valence-corrected chi connectivity index (χ2v) is 6.18. The number of aryl methyl sites for hydroxylation is 3. The molecule has 6 nitrogen and oxygen atoms in total. The van der Waals surface area contributed by atoms with Crippen molar-refractivity contribution in [1.82, 2.24) is 20.0 Å². The van der Waals surface area contributed by atoms with Gasteiger partial charge in [-0.2, -0.15) is 10.2 Å². The molecule has 0 unspecified atom stereocenters. The van der Waals surface area contributed by atoms with Crippen molar-refractivity contribution in [2.24, 2.45) is 7.05 Å². The Morgan fingerprint density at radius 1 is 1.25 bits per heavy atom. The predicted molar refractivity (Wildman–Crippen MR) is 94.4 cm³/mol. The molecule has 2 heterocycles. The lowest BCUT2D eigenvalue weighted by atomic mass is 10.1. The minimum atomic E-state index is -0.293. The largest absolute Gasteiger partial charge is 0.319 e. The summed E-state index contributed by atoms with van der Waals surface area (Å²) in [5, 5.41) is 14.7. The van der Waals surface area contributed by atoms with Gasteiger partial charge in [0.15, 0.2) is 0 Å². The first-order chi connectivity index (χ1) is 11.4. The van der Waals surface area contributed by atoms with E-state index in [9.17, 15) is 4.79 Å². The molecule has 0 aliphatic rings. The molecular weight excluding hydrogens is 326 g/mol. The van der Waals surface area contributed by atoms with Crippen molar-refractivity contribution < 1.29 is 4.79 Å². The maximum atomic E-state index is 12.4. The lowest BCUT2D eigenvalue weighted by molar-refractivity contribution is 0.102. The third-order valence-corrected chi connectivity index (χ3v) is 4.27. The van der Waals surface area contributed by atoms with Crippen molar-refractivity contribution in [2.75, 3.05) is 5.32 Å². The second-order valence-electron chi connectivity index (χ2n) is 5.77. The molecular formula is C17H18ClN5O. The van der Waals surface area contributed by atoms with Gasteiger partial charge in [-0.25, -0.2) is 0 Å². The smallest absolute Gasteiger partial charge is 0.273 e. The second kappa shape index (κ2) is 6.13. The number of nitrogens with one attached hydrogen (secondary N) is 2. The van der Waals surface area contributed by atoms with Crippen molar-refractivity contribution in [2.45, 2.75) is 20.8 Å². The maximum absolute atomic E-state index is 12.4. The van der Waals surface area contributed by atoms with E-state index in [1.807, 2.05) is 33.9 Å². The molecule has 124 valence electrons. The molecule has 0 spiro atoms. The number of halogens is 1. The van der Waals surface area contributed by atoms with Gasteiger partial charge in [-0.1, -0.05) is 17.7 Å². The van der Waals surface area contributed by atoms with E-state index in [-0.39, 0.29) is 5.91 Å². The minimum Gasteiger partial charge on any atom is -0.319 e. The molecule has 0 saturated heterocycles. The Labute approximate surface area is 144 Å². The number of carbonyl (C=O) groups is 1. The molecule has 24 heavy (non-hydrogen) atoms. The van der Waals surface area contributed by atoms with E-state index in [0.717, 1.165) is 22.5 Å². The quantitative estimate of drug-likeness (QED) is 0.762. The van der Waals surface area contributed by atoms with Gasteiger partial charge >= 0.3 is 0 Å². The van der Waals surface area contributed by atoms with Gasteiger partial charge in [0.25, 0.3) is 5.91 Å². The molecule has 0 saturated carbocycles. The molecule has 0 radical (unpaired) electrons. The highest BCUT2D eigenvalue weighted by Crippen LogP contribution is 2.26. The zero-order valence-corrected chi connectivity index (χ0v) is 14.7. The van der Waals surface area contributed by atoms with Gasteiger partial charge in [0.2, 0.25) is 0 Å². The monoisotopic (exact) mass is 343 g/mol. The standard InChI is InChI=1S/C17H18ClN5O/c1-9-5-6-13(12(18)7-9)19-17(24)15-8-14(20-21-15)16-10(2)22-23(4)11(16)3/h5-8H,1-4H3,(H,19,24)(H,20,21). The average Bonchev–Trinajstić information content (AvgIpc) is 3.08. The van der Waals surface area contributed by atoms with Crippen LogP contribution in [0.4, 0.5) is 5.69 Å². The fraction of sp³-hybridized carbons (Fsp3) is 0.235. The lowest BCUT2D eigenvalue weighted by Gasteiger charge is -2.06. The van der Waals surface area contributed by atoms with E-state index in [4.69, 9.17) is 11.6 Å². The minimum absolute atomic E-state index is 0.293. The van der Waals surface area contributed by atoms with Crippen LogP contribution < -0.4 is 5.32 Å². The van der Waals surface area contributed by atoms with Gasteiger partial charge in [0.1, 0.15) is 5.69 Å². The number of anilines is 1. The fourth-order valence-electron chi connectivity index (χ4n) is 2.62. The normalized spacial score (nSPS) is 10.9. The molecule has 0 aliphatic heterocycles. The number of carbonyl (C=O) groups excluding carboxylic acids is 1. The highest BCUT2D eigenvalue weighted by Gasteiger charge is 2.17. The van der Waals surface area contributed by atoms with Crippen LogP contribution in [0.25, 0.3) is 11.3 Å². The van der Waals surface area contributed by atoms with E-state index in [0.29, 0.717) is 22.1 Å². The summed E-state index contributed by atoms with van der Waals surface area (Å²) in [6.45, 7) is 5.83. The van der Waals surface area contributed by atoms with Crippen molar-refractivity contribution in [3.8, 4) is 11.3 Å². The van der Waals surface area contributed by atoms with Gasteiger partial charge < -0.3 is 5.32 Å². The highest BCUT2D eigenvalue weighted by atomic mass is 35.5. The Balaban J connectivity index is 1.86. The van der Waals surface area contributed by atoms with Crippen molar-refractivity contribution in [1.29, 1.82) is 0 Å². The van der Waals surface area contributed by atoms with Crippen LogP contribution in [0.1, 0.15) is 27.4 Å². The number of amides is 1. The van der Waals surface area contributed by atoms with Crippen LogP contribution in [0.15, 0.2) is 24.3 Å². The number of hydrogen-bond donors (Lipinski definition) is 2. The Hall–Kier alpha value is -2.60. The zero-order valence-electron chi connectivity index (χ0n) is 13.9. The van der Waals surface area contributed by atoms with E-state index >= 15 is 0 Å². The van der Waals surface area contributed by atoms with Crippen LogP contribution in [0, 0.1) is 20.8 Å². The SMILES string of the molecule is Cc1ccc(NC(=O)c2cc(-c3c(C)nn(C)c3C)n[nH]2)c(Cl)c1. The maximum Gasteiger partial charge on any atom is 0.273 e. The molecule has 1 amide bonds. The molecule has 0 atom stereocenters. The van der Waals surface area contributed by atoms with Crippen LogP contribution in [0.2, 0.25) is 5.02 Å². The molecule has 0 fully saturated rings. The van der Waals surface area contributed by atoms with Crippen LogP contribution in [0.5, 0.6) is 0 Å². The number of benzene rings is 1. The van der Waals surface area contributed by atoms with Gasteiger partial charge in [0.05, 0.1) is 22.1 Å². The number of aromatic amines is 1. The number of nitrogens with zero attached hydrogens (tertiary/aromatic N) is 3. The van der Waals surface area contributed by atoms with Crippen LogP contribution in [-0.4, -0.2) is 25.9 Å². The average molecular weight is 344 g/mol. The van der Waals surface area contributed by atoms with E-state index in [1.165, 1.54) is 0 Å². The van der Waals surface area contributed by atoms with Crippen molar-refractivity contribution in [3.63, 3.8) is 0 Å². The molecule has 2 N–H and O–H groups in total. The summed E-state index contributed by atoms with van der Waals surface area (Å²) >= 11 is 6.15. The zero-order chi connectivity index (χ0) is 17.4. The summed E-state index contributed by atoms with van der Waals surface area (Å²) in [6, 6.07) is 7.19. The topological polar surface area (TPSA) is 75.6 Å². The Morgan fingerprint density at radius 3 is 2.62 bits per heavy atom. The molecule has 3 rings (SSSR count). The molecule has 3 aromatic rings. The van der Waals surface area contributed by atoms with Crippen molar-refractivity contribution >= 4 is 23.2 Å². The molecule has 0 aliphatic carbocycles. The van der Waals surface area contributed by atoms with Gasteiger partial charge in [-0.3, -0.25) is 14.6 Å². The third kappa shape index (κ3) is 2.92. The molecule has 7 heteroatoms. The Kier molecular flexibility index (Phi) is 4.15. The summed E-state index contributed by atoms with van der Waals surface area (Å²) in [4.78, 5) is 12.4. The number of hydrogen-bond acceptors (Lipinski definition) is 3. The summed E-state index contributed by atoms with van der Waals surface area (Å²) in [6.07, 6.45) is 0. The van der Waals surface area contributed by atoms with Gasteiger partial charge in [-0.05, 0) is 44.5 Å². The first-order valence-corrected chi connectivity index (χ1v) is 7.88. The van der Waals surface area contributed by atoms with E-state index in [1.54, 1.807) is 22.9 Å². The summed E-state index contributed by atoms with van der Waals surface area (Å²) < 4.78 is 1.80. The Morgan fingerprint density at radius 2 is 2.00 bits per heavy atom. The highest BCUT2D eigenvalue weighted by molar-refractivity contribution is 6.34. The number of rotatable bonds is 3. The lowest BCUT2D eigenvalue weighted by Crippen LogP contribution is -2.12. The van der Waals surface area contributed by atoms with Crippen LogP contribution in [0.3, 0.4) is 0 Å². The van der Waals surface area contributed by atoms with Crippen LogP contribution in [-0.2, 0) is 7.05 Å². The fourth-order valence-corrected chi connectivity index (χ4v) is 2.90. The first kappa shape index (κ1) is 16.3. The summed E-state index contributed by atoms with van der Waals surface area (Å²) in [7, 11) is 1.88. The summed E-state index contributed by atoms with van der Waals surface area (Å²) in [5.41, 5.74) is 5.45. The third-order valence-electron chi connectivity index (χ3n) is 3.96. The van der Waals surface area contributed by atoms with E-state index < -0.39 is 0 Å². The predicted octanol–water partition coefficient (Wildman–Crippen LogP) is 3.64. The first-order valence-electron chi connectivity index (χ1n) is 7.50. The molecule has 2 aromatic heterocycles. The number of H-pyrrole nitrogens is 1. The van der Waals surface area contributed by atoms with Gasteiger partial charge in [0, 0.05) is 18.3 Å². The molecule has 1 aromatic carbocycles. The van der Waals surface area contributed by atoms with E-state index in [2.05, 4.69) is 20.6 Å². The molecule has 0 bridgehead atoms. The van der Waals surface area contributed by atoms with Crippen molar-refractivity contribution in [3.05, 3.63) is 51.9 Å². The number of aromatic nitrogens is 4. The van der Waals surface area contributed by atoms with Gasteiger partial charge in [-0.15, -0.1) is 0 Å². The summed E-state index contributed by atoms with van der Waals surface area (Å²) in [5.74, 6) is -0.293.